The second-order valence-corrected chi connectivity index (χ2v) is 6.47. The van der Waals surface area contributed by atoms with Crippen LogP contribution in [0.3, 0.4) is 0 Å². The monoisotopic (exact) mass is 382 g/mol. The van der Waals surface area contributed by atoms with Gasteiger partial charge in [-0.2, -0.15) is 0 Å². The number of nitrogens with zero attached hydrogens (tertiary/aromatic N) is 2. The van der Waals surface area contributed by atoms with E-state index in [2.05, 4.69) is 20.6 Å². The molecule has 3 rings (SSSR count). The van der Waals surface area contributed by atoms with Crippen LogP contribution in [0, 0.1) is 13.8 Å². The highest BCUT2D eigenvalue weighted by molar-refractivity contribution is 6.30. The van der Waals surface area contributed by atoms with Gasteiger partial charge in [0.2, 0.25) is 0 Å². The molecule has 1 amide bonds. The third kappa shape index (κ3) is 4.54. The Balaban J connectivity index is 1.82. The number of methoxy groups -OCH3 is 1. The Bertz CT molecular complexity index is 991. The number of aryl methyl sites for hydroxylation is 2. The molecule has 27 heavy (non-hydrogen) atoms. The molecule has 1 heterocycles. The number of benzene rings is 2. The van der Waals surface area contributed by atoms with Crippen molar-refractivity contribution in [3.05, 3.63) is 70.6 Å². The molecular weight excluding hydrogens is 364 g/mol. The maximum absolute atomic E-state index is 12.6. The van der Waals surface area contributed by atoms with Gasteiger partial charge < -0.3 is 15.4 Å². The van der Waals surface area contributed by atoms with E-state index in [0.29, 0.717) is 22.3 Å². The van der Waals surface area contributed by atoms with Crippen LogP contribution in [0.4, 0.5) is 17.2 Å². The predicted octanol–water partition coefficient (Wildman–Crippen LogP) is 4.75. The summed E-state index contributed by atoms with van der Waals surface area (Å²) in [6.45, 7) is 3.90. The summed E-state index contributed by atoms with van der Waals surface area (Å²) in [5.74, 6) is 0.722. The minimum Gasteiger partial charge on any atom is -0.495 e. The van der Waals surface area contributed by atoms with E-state index in [1.165, 1.54) is 6.33 Å². The number of amides is 1. The molecule has 0 bridgehead atoms. The molecule has 0 radical (unpaired) electrons. The smallest absolute Gasteiger partial charge is 0.274 e. The average Bonchev–Trinajstić information content (AvgIpc) is 2.65. The lowest BCUT2D eigenvalue weighted by molar-refractivity contribution is 0.102. The number of aromatic nitrogens is 2. The van der Waals surface area contributed by atoms with E-state index < -0.39 is 0 Å². The van der Waals surface area contributed by atoms with Gasteiger partial charge in [-0.25, -0.2) is 9.97 Å². The number of hydrogen-bond acceptors (Lipinski definition) is 5. The number of rotatable bonds is 5. The van der Waals surface area contributed by atoms with E-state index in [1.807, 2.05) is 38.1 Å². The number of carbonyl (C=O) groups is 1. The Hall–Kier alpha value is -3.12. The Labute approximate surface area is 162 Å². The van der Waals surface area contributed by atoms with Crippen LogP contribution < -0.4 is 15.4 Å². The van der Waals surface area contributed by atoms with Crippen molar-refractivity contribution in [1.82, 2.24) is 9.97 Å². The number of anilines is 3. The highest BCUT2D eigenvalue weighted by Crippen LogP contribution is 2.26. The van der Waals surface area contributed by atoms with E-state index >= 15 is 0 Å². The van der Waals surface area contributed by atoms with Crippen molar-refractivity contribution in [2.45, 2.75) is 13.8 Å². The Morgan fingerprint density at radius 2 is 1.85 bits per heavy atom. The lowest BCUT2D eigenvalue weighted by Crippen LogP contribution is -2.15. The van der Waals surface area contributed by atoms with Gasteiger partial charge >= 0.3 is 0 Å². The van der Waals surface area contributed by atoms with Crippen LogP contribution in [0.5, 0.6) is 5.75 Å². The number of halogens is 1. The third-order valence-corrected chi connectivity index (χ3v) is 4.20. The molecule has 2 N–H and O–H groups in total. The molecule has 3 aromatic rings. The maximum Gasteiger partial charge on any atom is 0.274 e. The summed E-state index contributed by atoms with van der Waals surface area (Å²) in [6, 6.07) is 12.7. The first-order valence-electron chi connectivity index (χ1n) is 8.27. The van der Waals surface area contributed by atoms with Crippen molar-refractivity contribution in [3.63, 3.8) is 0 Å². The average molecular weight is 383 g/mol. The van der Waals surface area contributed by atoms with Crippen molar-refractivity contribution in [3.8, 4) is 5.75 Å². The molecule has 7 heteroatoms. The fourth-order valence-corrected chi connectivity index (χ4v) is 2.69. The van der Waals surface area contributed by atoms with Crippen LogP contribution in [0.1, 0.15) is 21.6 Å². The van der Waals surface area contributed by atoms with Gasteiger partial charge in [0.25, 0.3) is 5.91 Å². The minimum absolute atomic E-state index is 0.232. The zero-order valence-corrected chi connectivity index (χ0v) is 16.0. The van der Waals surface area contributed by atoms with Gasteiger partial charge in [0, 0.05) is 16.8 Å². The van der Waals surface area contributed by atoms with Crippen LogP contribution >= 0.6 is 11.6 Å². The molecule has 1 aromatic heterocycles. The van der Waals surface area contributed by atoms with Gasteiger partial charge in [0.1, 0.15) is 23.6 Å². The lowest BCUT2D eigenvalue weighted by atomic mass is 10.2. The molecule has 0 aliphatic carbocycles. The molecule has 6 nitrogen and oxygen atoms in total. The molecule has 0 aliphatic rings. The zero-order valence-electron chi connectivity index (χ0n) is 15.2. The molecule has 2 aromatic carbocycles. The van der Waals surface area contributed by atoms with Gasteiger partial charge in [0.15, 0.2) is 0 Å². The highest BCUT2D eigenvalue weighted by atomic mass is 35.5. The fraction of sp³-hybridized carbons (Fsp3) is 0.150. The van der Waals surface area contributed by atoms with E-state index in [-0.39, 0.29) is 11.6 Å². The van der Waals surface area contributed by atoms with Crippen molar-refractivity contribution in [2.24, 2.45) is 0 Å². The van der Waals surface area contributed by atoms with E-state index in [1.54, 1.807) is 25.3 Å². The van der Waals surface area contributed by atoms with Crippen molar-refractivity contribution >= 4 is 34.7 Å². The van der Waals surface area contributed by atoms with Gasteiger partial charge in [-0.1, -0.05) is 23.7 Å². The predicted molar refractivity (Wildman–Crippen MR) is 107 cm³/mol. The minimum atomic E-state index is -0.354. The lowest BCUT2D eigenvalue weighted by Gasteiger charge is -2.12. The van der Waals surface area contributed by atoms with Crippen molar-refractivity contribution < 1.29 is 9.53 Å². The normalized spacial score (nSPS) is 10.4. The van der Waals surface area contributed by atoms with Crippen LogP contribution in [-0.4, -0.2) is 23.0 Å². The first-order valence-corrected chi connectivity index (χ1v) is 8.65. The molecule has 0 saturated carbocycles. The van der Waals surface area contributed by atoms with E-state index in [0.717, 1.165) is 16.8 Å². The van der Waals surface area contributed by atoms with Gasteiger partial charge in [-0.3, -0.25) is 4.79 Å². The Morgan fingerprint density at radius 1 is 1.04 bits per heavy atom. The summed E-state index contributed by atoms with van der Waals surface area (Å²) >= 11 is 6.05. The number of nitrogens with one attached hydrogen (secondary N) is 2. The fourth-order valence-electron chi connectivity index (χ4n) is 2.52. The molecule has 0 spiro atoms. The van der Waals surface area contributed by atoms with E-state index in [4.69, 9.17) is 16.3 Å². The highest BCUT2D eigenvalue weighted by Gasteiger charge is 2.13. The second-order valence-electron chi connectivity index (χ2n) is 6.03. The van der Waals surface area contributed by atoms with E-state index in [9.17, 15) is 4.79 Å². The topological polar surface area (TPSA) is 76.1 Å². The summed E-state index contributed by atoms with van der Waals surface area (Å²) in [5, 5.41) is 6.60. The first kappa shape index (κ1) is 18.7. The standard InChI is InChI=1S/C20H19ClN4O2/c1-12-4-7-18(27-3)16(8-12)25-20(26)17-10-19(23-11-22-17)24-15-9-14(21)6-5-13(15)2/h4-11H,1-3H3,(H,25,26)(H,22,23,24). The Morgan fingerprint density at radius 3 is 2.63 bits per heavy atom. The van der Waals surface area contributed by atoms with Crippen molar-refractivity contribution in [2.75, 3.05) is 17.7 Å². The third-order valence-electron chi connectivity index (χ3n) is 3.97. The molecule has 0 saturated heterocycles. The largest absolute Gasteiger partial charge is 0.495 e. The summed E-state index contributed by atoms with van der Waals surface area (Å²) in [4.78, 5) is 20.9. The number of ether oxygens (including phenoxy) is 1. The van der Waals surface area contributed by atoms with Crippen LogP contribution in [-0.2, 0) is 0 Å². The molecule has 0 fully saturated rings. The van der Waals surface area contributed by atoms with Crippen LogP contribution in [0.2, 0.25) is 5.02 Å². The summed E-state index contributed by atoms with van der Waals surface area (Å²) in [5.41, 5.74) is 3.64. The Kier molecular flexibility index (Phi) is 5.57. The van der Waals surface area contributed by atoms with Crippen LogP contribution in [0.25, 0.3) is 0 Å². The molecule has 0 aliphatic heterocycles. The number of carbonyl (C=O) groups excluding carboxylic acids is 1. The SMILES string of the molecule is COc1ccc(C)cc1NC(=O)c1cc(Nc2cc(Cl)ccc2C)ncn1. The number of hydrogen-bond donors (Lipinski definition) is 2. The van der Waals surface area contributed by atoms with Crippen LogP contribution in [0.15, 0.2) is 48.8 Å². The van der Waals surface area contributed by atoms with Gasteiger partial charge in [-0.05, 0) is 49.2 Å². The van der Waals surface area contributed by atoms with Gasteiger partial charge in [-0.15, -0.1) is 0 Å². The zero-order chi connectivity index (χ0) is 19.4. The summed E-state index contributed by atoms with van der Waals surface area (Å²) in [7, 11) is 1.56. The summed E-state index contributed by atoms with van der Waals surface area (Å²) < 4.78 is 5.29. The molecule has 138 valence electrons. The van der Waals surface area contributed by atoms with Crippen molar-refractivity contribution in [1.29, 1.82) is 0 Å². The molecule has 0 atom stereocenters. The maximum atomic E-state index is 12.6. The first-order chi connectivity index (χ1) is 13.0. The second kappa shape index (κ2) is 8.05. The summed E-state index contributed by atoms with van der Waals surface area (Å²) in [6.07, 6.45) is 1.34. The molecular formula is C20H19ClN4O2. The van der Waals surface area contributed by atoms with Gasteiger partial charge in [0.05, 0.1) is 12.8 Å². The quantitative estimate of drug-likeness (QED) is 0.665. The molecule has 0 unspecified atom stereocenters.